The number of imidazole rings is 1. The van der Waals surface area contributed by atoms with E-state index in [9.17, 15) is 0 Å². The minimum absolute atomic E-state index is 0.546. The molecule has 2 aromatic carbocycles. The molecule has 0 aliphatic carbocycles. The highest BCUT2D eigenvalue weighted by Gasteiger charge is 2.19. The van der Waals surface area contributed by atoms with Crippen LogP contribution < -0.4 is 0 Å². The molecule has 0 amide bonds. The predicted molar refractivity (Wildman–Crippen MR) is 99.6 cm³/mol. The molecule has 5 heteroatoms. The molecule has 0 unspecified atom stereocenters. The predicted octanol–water partition coefficient (Wildman–Crippen LogP) is 3.83. The summed E-state index contributed by atoms with van der Waals surface area (Å²) in [6.07, 6.45) is 1.86. The van der Waals surface area contributed by atoms with E-state index >= 15 is 0 Å². The lowest BCUT2D eigenvalue weighted by atomic mass is 10.1. The third-order valence-electron chi connectivity index (χ3n) is 4.82. The van der Waals surface area contributed by atoms with Gasteiger partial charge in [-0.1, -0.05) is 42.5 Å². The molecule has 5 nitrogen and oxygen atoms in total. The van der Waals surface area contributed by atoms with Gasteiger partial charge in [-0.15, -0.1) is 0 Å². The first-order valence-corrected chi connectivity index (χ1v) is 8.85. The van der Waals surface area contributed by atoms with Crippen LogP contribution in [0.15, 0.2) is 54.7 Å². The number of pyridine rings is 1. The highest BCUT2D eigenvalue weighted by molar-refractivity contribution is 6.04. The number of aromatic nitrogens is 3. The van der Waals surface area contributed by atoms with Gasteiger partial charge in [0.15, 0.2) is 0 Å². The highest BCUT2D eigenvalue weighted by atomic mass is 16.5. The lowest BCUT2D eigenvalue weighted by Gasteiger charge is -2.16. The number of nitrogens with zero attached hydrogens (tertiary/aromatic N) is 3. The van der Waals surface area contributed by atoms with Crippen molar-refractivity contribution in [3.63, 3.8) is 0 Å². The molecule has 2 aromatic heterocycles. The molecule has 3 heterocycles. The molecule has 26 heavy (non-hydrogen) atoms. The van der Waals surface area contributed by atoms with Crippen LogP contribution in [0.4, 0.5) is 0 Å². The summed E-state index contributed by atoms with van der Waals surface area (Å²) in [5.41, 5.74) is 5.37. The second kappa shape index (κ2) is 6.52. The molecule has 4 aromatic rings. The summed E-state index contributed by atoms with van der Waals surface area (Å²) >= 11 is 0. The van der Waals surface area contributed by atoms with Crippen molar-refractivity contribution in [1.82, 2.24) is 14.5 Å². The molecule has 1 aliphatic rings. The maximum atomic E-state index is 6.00. The Morgan fingerprint density at radius 3 is 2.85 bits per heavy atom. The molecule has 0 saturated carbocycles. The van der Waals surface area contributed by atoms with E-state index in [-0.39, 0.29) is 0 Å². The van der Waals surface area contributed by atoms with Crippen LogP contribution in [-0.4, -0.2) is 21.1 Å². The van der Waals surface area contributed by atoms with Gasteiger partial charge in [0.2, 0.25) is 0 Å². The Hall–Kier alpha value is -2.76. The summed E-state index contributed by atoms with van der Waals surface area (Å²) in [6, 6.07) is 16.5. The summed E-state index contributed by atoms with van der Waals surface area (Å²) in [6.45, 7) is 3.24. The minimum atomic E-state index is 0.546. The molecule has 0 spiro atoms. The molecule has 0 atom stereocenters. The summed E-state index contributed by atoms with van der Waals surface area (Å²) < 4.78 is 13.8. The van der Waals surface area contributed by atoms with E-state index in [1.54, 1.807) is 0 Å². The van der Waals surface area contributed by atoms with E-state index < -0.39 is 0 Å². The van der Waals surface area contributed by atoms with Gasteiger partial charge in [0, 0.05) is 11.9 Å². The number of hydrogen-bond donors (Lipinski definition) is 0. The van der Waals surface area contributed by atoms with Crippen molar-refractivity contribution in [3.05, 3.63) is 71.7 Å². The molecule has 130 valence electrons. The largest absolute Gasteiger partial charge is 0.372 e. The van der Waals surface area contributed by atoms with Gasteiger partial charge in [0.05, 0.1) is 37.1 Å². The fourth-order valence-corrected chi connectivity index (χ4v) is 3.61. The van der Waals surface area contributed by atoms with Crippen LogP contribution >= 0.6 is 0 Å². The van der Waals surface area contributed by atoms with Crippen LogP contribution in [-0.2, 0) is 35.8 Å². The van der Waals surface area contributed by atoms with Gasteiger partial charge in [0.1, 0.15) is 17.9 Å². The topological polar surface area (TPSA) is 49.2 Å². The van der Waals surface area contributed by atoms with E-state index in [2.05, 4.69) is 33.8 Å². The fourth-order valence-electron chi connectivity index (χ4n) is 3.61. The second-order valence-electron chi connectivity index (χ2n) is 6.51. The summed E-state index contributed by atoms with van der Waals surface area (Å²) in [5, 5.41) is 1.14. The first-order chi connectivity index (χ1) is 12.9. The molecule has 5 rings (SSSR count). The van der Waals surface area contributed by atoms with Crippen LogP contribution in [0.5, 0.6) is 0 Å². The maximum absolute atomic E-state index is 6.00. The number of rotatable bonds is 4. The normalized spacial score (nSPS) is 14.0. The van der Waals surface area contributed by atoms with Gasteiger partial charge in [-0.05, 0) is 17.2 Å². The van der Waals surface area contributed by atoms with Crippen LogP contribution in [0.1, 0.15) is 17.0 Å². The van der Waals surface area contributed by atoms with E-state index in [0.29, 0.717) is 19.8 Å². The van der Waals surface area contributed by atoms with E-state index in [4.69, 9.17) is 14.5 Å². The Morgan fingerprint density at radius 2 is 1.92 bits per heavy atom. The number of benzene rings is 2. The maximum Gasteiger partial charge on any atom is 0.136 e. The van der Waals surface area contributed by atoms with Crippen LogP contribution in [0, 0.1) is 0 Å². The Kier molecular flexibility index (Phi) is 3.88. The third kappa shape index (κ3) is 2.66. The average molecular weight is 345 g/mol. The zero-order valence-electron chi connectivity index (χ0n) is 14.4. The van der Waals surface area contributed by atoms with Crippen LogP contribution in [0.3, 0.4) is 0 Å². The first kappa shape index (κ1) is 15.5. The monoisotopic (exact) mass is 345 g/mol. The molecule has 0 saturated heterocycles. The van der Waals surface area contributed by atoms with Crippen molar-refractivity contribution in [2.75, 3.05) is 6.61 Å². The lowest BCUT2D eigenvalue weighted by molar-refractivity contribution is 0.0831. The molecular formula is C21H19N3O2. The first-order valence-electron chi connectivity index (χ1n) is 8.85. The second-order valence-corrected chi connectivity index (χ2v) is 6.51. The summed E-state index contributed by atoms with van der Waals surface area (Å²) in [7, 11) is 0. The Morgan fingerprint density at radius 1 is 1.00 bits per heavy atom. The standard InChI is InChI=1S/C21H19N3O2/c1-2-5-15(6-3-1)12-26-13-16-7-4-8-17-20(16)21-18(11-22-17)23-19-14-25-10-9-24(19)21/h1-8,11H,9-10,12-14H2. The van der Waals surface area contributed by atoms with Crippen molar-refractivity contribution < 1.29 is 9.47 Å². The molecule has 0 N–H and O–H groups in total. The smallest absolute Gasteiger partial charge is 0.136 e. The third-order valence-corrected chi connectivity index (χ3v) is 4.82. The van der Waals surface area contributed by atoms with Crippen molar-refractivity contribution in [2.45, 2.75) is 26.4 Å². The zero-order chi connectivity index (χ0) is 17.3. The Bertz CT molecular complexity index is 1070. The quantitative estimate of drug-likeness (QED) is 0.564. The van der Waals surface area contributed by atoms with Crippen LogP contribution in [0.2, 0.25) is 0 Å². The van der Waals surface area contributed by atoms with E-state index in [1.807, 2.05) is 30.5 Å². The van der Waals surface area contributed by atoms with Gasteiger partial charge in [-0.3, -0.25) is 4.98 Å². The molecule has 0 fully saturated rings. The van der Waals surface area contributed by atoms with Crippen molar-refractivity contribution >= 4 is 21.9 Å². The molecule has 0 radical (unpaired) electrons. The summed E-state index contributed by atoms with van der Waals surface area (Å²) in [5.74, 6) is 0.973. The summed E-state index contributed by atoms with van der Waals surface area (Å²) in [4.78, 5) is 9.31. The highest BCUT2D eigenvalue weighted by Crippen LogP contribution is 2.29. The van der Waals surface area contributed by atoms with Gasteiger partial charge in [-0.25, -0.2) is 4.98 Å². The molecular weight excluding hydrogens is 326 g/mol. The van der Waals surface area contributed by atoms with Crippen molar-refractivity contribution in [3.8, 4) is 0 Å². The van der Waals surface area contributed by atoms with Gasteiger partial charge < -0.3 is 14.0 Å². The van der Waals surface area contributed by atoms with Crippen LogP contribution in [0.25, 0.3) is 21.9 Å². The van der Waals surface area contributed by atoms with E-state index in [0.717, 1.165) is 46.5 Å². The SMILES string of the molecule is c1ccc(COCc2cccc3ncc4nc5n(c4c23)CCOC5)cc1. The van der Waals surface area contributed by atoms with Gasteiger partial charge in [-0.2, -0.15) is 0 Å². The van der Waals surface area contributed by atoms with Gasteiger partial charge >= 0.3 is 0 Å². The molecule has 0 bridgehead atoms. The van der Waals surface area contributed by atoms with Gasteiger partial charge in [0.25, 0.3) is 0 Å². The fraction of sp³-hybridized carbons (Fsp3) is 0.238. The number of hydrogen-bond acceptors (Lipinski definition) is 4. The number of ether oxygens (including phenoxy) is 2. The Balaban J connectivity index is 1.55. The lowest BCUT2D eigenvalue weighted by Crippen LogP contribution is -2.16. The van der Waals surface area contributed by atoms with Crippen molar-refractivity contribution in [1.29, 1.82) is 0 Å². The zero-order valence-corrected chi connectivity index (χ0v) is 14.4. The van der Waals surface area contributed by atoms with Crippen molar-refractivity contribution in [2.24, 2.45) is 0 Å². The molecule has 1 aliphatic heterocycles. The van der Waals surface area contributed by atoms with E-state index in [1.165, 1.54) is 5.56 Å². The average Bonchev–Trinajstić information content (AvgIpc) is 3.08. The number of fused-ring (bicyclic) bond motifs is 5. The Labute approximate surface area is 151 Å². The minimum Gasteiger partial charge on any atom is -0.372 e.